The minimum Gasteiger partial charge on any atom is -0.506 e. The van der Waals surface area contributed by atoms with Crippen molar-refractivity contribution in [1.29, 1.82) is 0 Å². The third-order valence-electron chi connectivity index (χ3n) is 3.98. The van der Waals surface area contributed by atoms with Crippen molar-refractivity contribution >= 4 is 33.8 Å². The molecule has 9 heteroatoms. The first-order valence-electron chi connectivity index (χ1n) is 7.72. The number of H-pyrrole nitrogens is 1. The van der Waals surface area contributed by atoms with Crippen LogP contribution in [0.3, 0.4) is 0 Å². The summed E-state index contributed by atoms with van der Waals surface area (Å²) in [4.78, 5) is 15.1. The molecule has 1 aromatic carbocycles. The quantitative estimate of drug-likeness (QED) is 0.559. The van der Waals surface area contributed by atoms with Crippen molar-refractivity contribution in [2.24, 2.45) is 0 Å². The number of nitrogens with zero attached hydrogens (tertiary/aromatic N) is 1. The molecule has 2 aromatic rings. The highest BCUT2D eigenvalue weighted by Gasteiger charge is 2.28. The zero-order chi connectivity index (χ0) is 18.0. The van der Waals surface area contributed by atoms with E-state index in [2.05, 4.69) is 10.3 Å². The van der Waals surface area contributed by atoms with Gasteiger partial charge in [0.25, 0.3) is 5.91 Å². The van der Waals surface area contributed by atoms with Gasteiger partial charge in [0.15, 0.2) is 0 Å². The fourth-order valence-corrected chi connectivity index (χ4v) is 4.42. The highest BCUT2D eigenvalue weighted by Crippen LogP contribution is 2.29. The van der Waals surface area contributed by atoms with Crippen molar-refractivity contribution in [1.82, 2.24) is 9.29 Å². The molecule has 0 aliphatic carbocycles. The Bertz CT molecular complexity index is 963. The standard InChI is InChI=1S/C16H17N3O4S2/c20-14-6-5-11(25(22,23)19-8-1-2-9-19)10-13(14)18-15(21)12-4-3-7-17-16(12)24/h3-7,10,20H,1-2,8-9H2,(H,17,24)(H,18,21). The fourth-order valence-electron chi connectivity index (χ4n) is 2.64. The number of amides is 1. The van der Waals surface area contributed by atoms with Crippen LogP contribution < -0.4 is 5.32 Å². The molecule has 0 radical (unpaired) electrons. The second-order valence-electron chi connectivity index (χ2n) is 5.66. The van der Waals surface area contributed by atoms with E-state index in [1.165, 1.54) is 28.6 Å². The first-order valence-corrected chi connectivity index (χ1v) is 9.56. The number of aromatic amines is 1. The number of aromatic hydroxyl groups is 1. The molecular formula is C16H17N3O4S2. The Balaban J connectivity index is 1.91. The van der Waals surface area contributed by atoms with Crippen LogP contribution in [0.2, 0.25) is 0 Å². The number of sulfonamides is 1. The number of aromatic nitrogens is 1. The summed E-state index contributed by atoms with van der Waals surface area (Å²) in [5, 5.41) is 12.5. The monoisotopic (exact) mass is 379 g/mol. The second kappa shape index (κ2) is 6.95. The summed E-state index contributed by atoms with van der Waals surface area (Å²) in [6, 6.07) is 7.00. The molecular weight excluding hydrogens is 362 g/mol. The lowest BCUT2D eigenvalue weighted by atomic mass is 10.2. The van der Waals surface area contributed by atoms with Crippen LogP contribution in [0.1, 0.15) is 23.2 Å². The van der Waals surface area contributed by atoms with E-state index in [-0.39, 0.29) is 26.5 Å². The number of phenols is 1. The number of hydrogen-bond acceptors (Lipinski definition) is 5. The van der Waals surface area contributed by atoms with Gasteiger partial charge in [-0.1, -0.05) is 12.2 Å². The lowest BCUT2D eigenvalue weighted by Gasteiger charge is -2.16. The Kier molecular flexibility index (Phi) is 4.89. The van der Waals surface area contributed by atoms with Crippen molar-refractivity contribution in [3.8, 4) is 5.75 Å². The Hall–Kier alpha value is -2.23. The number of pyridine rings is 1. The summed E-state index contributed by atoms with van der Waals surface area (Å²) in [5.41, 5.74) is 0.244. The first-order chi connectivity index (χ1) is 11.9. The first kappa shape index (κ1) is 17.6. The molecule has 1 amide bonds. The molecule has 0 saturated carbocycles. The zero-order valence-corrected chi connectivity index (χ0v) is 14.9. The van der Waals surface area contributed by atoms with Crippen molar-refractivity contribution in [3.63, 3.8) is 0 Å². The average molecular weight is 379 g/mol. The molecule has 1 aliphatic rings. The van der Waals surface area contributed by atoms with Crippen LogP contribution in [0.25, 0.3) is 0 Å². The van der Waals surface area contributed by atoms with Gasteiger partial charge in [-0.25, -0.2) is 8.42 Å². The number of benzene rings is 1. The molecule has 0 unspecified atom stereocenters. The van der Waals surface area contributed by atoms with Crippen LogP contribution in [0.4, 0.5) is 5.69 Å². The highest BCUT2D eigenvalue weighted by molar-refractivity contribution is 7.89. The molecule has 7 nitrogen and oxygen atoms in total. The normalized spacial score (nSPS) is 15.2. The van der Waals surface area contributed by atoms with Gasteiger partial charge in [-0.2, -0.15) is 4.31 Å². The number of phenolic OH excluding ortho intramolecular Hbond substituents is 1. The van der Waals surface area contributed by atoms with Gasteiger partial charge in [-0.15, -0.1) is 0 Å². The third kappa shape index (κ3) is 3.58. The van der Waals surface area contributed by atoms with E-state index in [0.717, 1.165) is 12.8 Å². The predicted octanol–water partition coefficient (Wildman–Crippen LogP) is 2.49. The number of nitrogens with one attached hydrogen (secondary N) is 2. The van der Waals surface area contributed by atoms with Gasteiger partial charge in [-0.3, -0.25) is 4.79 Å². The molecule has 132 valence electrons. The van der Waals surface area contributed by atoms with Gasteiger partial charge in [0.2, 0.25) is 10.0 Å². The van der Waals surface area contributed by atoms with Gasteiger partial charge in [0.05, 0.1) is 16.1 Å². The van der Waals surface area contributed by atoms with Gasteiger partial charge >= 0.3 is 0 Å². The Morgan fingerprint density at radius 2 is 1.96 bits per heavy atom. The van der Waals surface area contributed by atoms with Crippen molar-refractivity contribution < 1.29 is 18.3 Å². The Labute approximate surface area is 150 Å². The van der Waals surface area contributed by atoms with E-state index in [1.807, 2.05) is 0 Å². The Morgan fingerprint density at radius 1 is 1.24 bits per heavy atom. The van der Waals surface area contributed by atoms with Crippen LogP contribution in [-0.4, -0.2) is 41.8 Å². The highest BCUT2D eigenvalue weighted by atomic mass is 32.2. The van der Waals surface area contributed by atoms with Crippen molar-refractivity contribution in [2.75, 3.05) is 18.4 Å². The van der Waals surface area contributed by atoms with Crippen molar-refractivity contribution in [3.05, 3.63) is 46.7 Å². The number of carbonyl (C=O) groups is 1. The molecule has 25 heavy (non-hydrogen) atoms. The average Bonchev–Trinajstić information content (AvgIpc) is 3.12. The van der Waals surface area contributed by atoms with Crippen LogP contribution in [-0.2, 0) is 10.0 Å². The van der Waals surface area contributed by atoms with Gasteiger partial charge in [0, 0.05) is 19.3 Å². The van der Waals surface area contributed by atoms with Gasteiger partial charge < -0.3 is 15.4 Å². The number of carbonyl (C=O) groups excluding carboxylic acids is 1. The molecule has 3 rings (SSSR count). The molecule has 3 N–H and O–H groups in total. The van der Waals surface area contributed by atoms with E-state index >= 15 is 0 Å². The number of anilines is 1. The van der Waals surface area contributed by atoms with E-state index in [4.69, 9.17) is 12.2 Å². The van der Waals surface area contributed by atoms with Crippen LogP contribution in [0.15, 0.2) is 41.4 Å². The van der Waals surface area contributed by atoms with E-state index in [0.29, 0.717) is 13.1 Å². The third-order valence-corrected chi connectivity index (χ3v) is 6.21. The largest absolute Gasteiger partial charge is 0.506 e. The molecule has 2 heterocycles. The summed E-state index contributed by atoms with van der Waals surface area (Å²) in [7, 11) is -3.64. The van der Waals surface area contributed by atoms with E-state index < -0.39 is 15.9 Å². The molecule has 0 bridgehead atoms. The molecule has 1 aromatic heterocycles. The molecule has 0 spiro atoms. The lowest BCUT2D eigenvalue weighted by molar-refractivity contribution is 0.102. The fraction of sp³-hybridized carbons (Fsp3) is 0.250. The summed E-state index contributed by atoms with van der Waals surface area (Å²) < 4.78 is 26.9. The summed E-state index contributed by atoms with van der Waals surface area (Å²) in [5.74, 6) is -0.757. The Morgan fingerprint density at radius 3 is 2.64 bits per heavy atom. The molecule has 1 saturated heterocycles. The maximum absolute atomic E-state index is 12.6. The molecule has 1 fully saturated rings. The number of rotatable bonds is 4. The summed E-state index contributed by atoms with van der Waals surface area (Å²) in [6.45, 7) is 0.953. The minimum atomic E-state index is -3.64. The topological polar surface area (TPSA) is 102 Å². The van der Waals surface area contributed by atoms with Crippen LogP contribution in [0, 0.1) is 4.64 Å². The van der Waals surface area contributed by atoms with Crippen LogP contribution in [0.5, 0.6) is 5.75 Å². The molecule has 0 atom stereocenters. The smallest absolute Gasteiger partial charge is 0.258 e. The summed E-state index contributed by atoms with van der Waals surface area (Å²) in [6.07, 6.45) is 3.25. The maximum Gasteiger partial charge on any atom is 0.258 e. The van der Waals surface area contributed by atoms with Gasteiger partial charge in [-0.05, 0) is 43.2 Å². The predicted molar refractivity (Wildman–Crippen MR) is 95.7 cm³/mol. The summed E-state index contributed by atoms with van der Waals surface area (Å²) >= 11 is 5.05. The van der Waals surface area contributed by atoms with Gasteiger partial charge in [0.1, 0.15) is 10.4 Å². The SMILES string of the molecule is O=C(Nc1cc(S(=O)(=O)N2CCCC2)ccc1O)c1ccc[nH]c1=S. The second-order valence-corrected chi connectivity index (χ2v) is 8.00. The number of hydrogen-bond donors (Lipinski definition) is 3. The minimum absolute atomic E-state index is 0.0172. The zero-order valence-electron chi connectivity index (χ0n) is 13.2. The molecule has 1 aliphatic heterocycles. The maximum atomic E-state index is 12.6. The van der Waals surface area contributed by atoms with Crippen LogP contribution >= 0.6 is 12.2 Å². The van der Waals surface area contributed by atoms with Crippen molar-refractivity contribution in [2.45, 2.75) is 17.7 Å². The lowest BCUT2D eigenvalue weighted by Crippen LogP contribution is -2.28. The van der Waals surface area contributed by atoms with E-state index in [1.54, 1.807) is 12.3 Å². The van der Waals surface area contributed by atoms with E-state index in [9.17, 15) is 18.3 Å².